The second-order valence-corrected chi connectivity index (χ2v) is 9.97. The van der Waals surface area contributed by atoms with Crippen LogP contribution in [-0.2, 0) is 6.11 Å². The molecule has 0 N–H and O–H groups in total. The Hall–Kier alpha value is -2.51. The molecule has 4 rings (SSSR count). The number of ether oxygens (including phenoxy) is 1. The molecule has 0 amide bonds. The molecule has 1 saturated carbocycles. The third kappa shape index (κ3) is 5.73. The molecule has 2 aliphatic rings. The van der Waals surface area contributed by atoms with Crippen molar-refractivity contribution >= 4 is 0 Å². The minimum atomic E-state index is -4.58. The zero-order valence-corrected chi connectivity index (χ0v) is 20.0. The van der Waals surface area contributed by atoms with E-state index in [0.29, 0.717) is 36.2 Å². The van der Waals surface area contributed by atoms with Crippen LogP contribution < -0.4 is 4.74 Å². The molecule has 2 atom stereocenters. The van der Waals surface area contributed by atoms with Crippen molar-refractivity contribution in [3.63, 3.8) is 0 Å². The molecule has 0 aliphatic heterocycles. The van der Waals surface area contributed by atoms with Crippen molar-refractivity contribution in [1.29, 1.82) is 0 Å². The molecule has 8 heteroatoms. The van der Waals surface area contributed by atoms with Gasteiger partial charge in [-0.2, -0.15) is 8.78 Å². The number of hydrogen-bond acceptors (Lipinski definition) is 1. The van der Waals surface area contributed by atoms with Gasteiger partial charge in [-0.25, -0.2) is 22.0 Å². The molecule has 0 spiro atoms. The van der Waals surface area contributed by atoms with E-state index in [1.807, 2.05) is 0 Å². The summed E-state index contributed by atoms with van der Waals surface area (Å²) < 4.78 is 103. The molecule has 0 aromatic heterocycles. The standard InChI is InChI=1S/C28H29F7O/c1-2-3-16-4-6-17(7-5-16)18-8-10-19(11-9-18)20-12-22(29)26(23(30)13-20)28(34,35)36-21-14-24(31)27(33)25(32)15-21/h4,6,12-19H,2-3,5,7-11H2,1H3. The smallest absolute Gasteiger partial charge is 0.429 e. The van der Waals surface area contributed by atoms with Crippen LogP contribution in [0.4, 0.5) is 30.7 Å². The van der Waals surface area contributed by atoms with Crippen LogP contribution in [0.5, 0.6) is 5.75 Å². The Morgan fingerprint density at radius 3 is 1.92 bits per heavy atom. The summed E-state index contributed by atoms with van der Waals surface area (Å²) in [5, 5.41) is 0. The number of hydrogen-bond donors (Lipinski definition) is 0. The Labute approximate surface area is 206 Å². The maximum absolute atomic E-state index is 14.7. The number of rotatable bonds is 7. The van der Waals surface area contributed by atoms with E-state index < -0.39 is 46.5 Å². The van der Waals surface area contributed by atoms with Gasteiger partial charge in [0, 0.05) is 12.1 Å². The van der Waals surface area contributed by atoms with Crippen molar-refractivity contribution in [1.82, 2.24) is 0 Å². The highest BCUT2D eigenvalue weighted by atomic mass is 19.3. The lowest BCUT2D eigenvalue weighted by atomic mass is 9.70. The highest BCUT2D eigenvalue weighted by Gasteiger charge is 2.42. The Balaban J connectivity index is 1.44. The summed E-state index contributed by atoms with van der Waals surface area (Å²) in [6.07, 6.45) is 7.94. The van der Waals surface area contributed by atoms with Crippen molar-refractivity contribution in [2.45, 2.75) is 70.3 Å². The van der Waals surface area contributed by atoms with E-state index >= 15 is 0 Å². The first-order chi connectivity index (χ1) is 17.1. The Morgan fingerprint density at radius 2 is 1.39 bits per heavy atom. The third-order valence-electron chi connectivity index (χ3n) is 7.57. The highest BCUT2D eigenvalue weighted by molar-refractivity contribution is 5.33. The normalized spacial score (nSPS) is 24.7. The monoisotopic (exact) mass is 514 g/mol. The second-order valence-electron chi connectivity index (χ2n) is 9.97. The van der Waals surface area contributed by atoms with Gasteiger partial charge in [-0.1, -0.05) is 25.5 Å². The lowest BCUT2D eigenvalue weighted by molar-refractivity contribution is -0.189. The van der Waals surface area contributed by atoms with Gasteiger partial charge in [0.05, 0.1) is 0 Å². The highest BCUT2D eigenvalue weighted by Crippen LogP contribution is 2.44. The number of halogens is 7. The molecule has 0 radical (unpaired) electrons. The van der Waals surface area contributed by atoms with Gasteiger partial charge in [0.2, 0.25) is 0 Å². The van der Waals surface area contributed by atoms with Crippen molar-refractivity contribution in [2.24, 2.45) is 17.8 Å². The van der Waals surface area contributed by atoms with E-state index in [2.05, 4.69) is 23.8 Å². The molecule has 2 aromatic carbocycles. The topological polar surface area (TPSA) is 9.23 Å². The minimum absolute atomic E-state index is 0.158. The van der Waals surface area contributed by atoms with Crippen molar-refractivity contribution < 1.29 is 35.5 Å². The summed E-state index contributed by atoms with van der Waals surface area (Å²) in [6.45, 7) is 2.18. The minimum Gasteiger partial charge on any atom is -0.429 e. The van der Waals surface area contributed by atoms with Gasteiger partial charge >= 0.3 is 6.11 Å². The lowest BCUT2D eigenvalue weighted by Gasteiger charge is -2.35. The van der Waals surface area contributed by atoms with Crippen LogP contribution in [0.3, 0.4) is 0 Å². The Kier molecular flexibility index (Phi) is 8.00. The summed E-state index contributed by atoms with van der Waals surface area (Å²) in [6, 6.07) is 2.12. The molecule has 0 bridgehead atoms. The van der Waals surface area contributed by atoms with Gasteiger partial charge in [0.25, 0.3) is 0 Å². The molecule has 2 aromatic rings. The van der Waals surface area contributed by atoms with Crippen LogP contribution in [0.25, 0.3) is 0 Å². The average Bonchev–Trinajstić information content (AvgIpc) is 2.82. The molecule has 0 saturated heterocycles. The Bertz CT molecular complexity index is 1060. The molecule has 2 aliphatic carbocycles. The van der Waals surface area contributed by atoms with E-state index in [1.54, 1.807) is 0 Å². The maximum Gasteiger partial charge on any atom is 0.432 e. The number of benzene rings is 2. The molecule has 36 heavy (non-hydrogen) atoms. The molecule has 196 valence electrons. The quantitative estimate of drug-likeness (QED) is 0.203. The van der Waals surface area contributed by atoms with Crippen LogP contribution in [-0.4, -0.2) is 0 Å². The first-order valence-corrected chi connectivity index (χ1v) is 12.5. The number of allylic oxidation sites excluding steroid dienone is 2. The van der Waals surface area contributed by atoms with Gasteiger partial charge in [-0.3, -0.25) is 0 Å². The summed E-state index contributed by atoms with van der Waals surface area (Å²) in [4.78, 5) is 0. The van der Waals surface area contributed by atoms with Crippen LogP contribution in [0.1, 0.15) is 75.3 Å². The van der Waals surface area contributed by atoms with E-state index in [0.717, 1.165) is 37.8 Å². The fourth-order valence-corrected chi connectivity index (χ4v) is 5.68. The van der Waals surface area contributed by atoms with Crippen LogP contribution in [0.15, 0.2) is 36.4 Å². The maximum atomic E-state index is 14.7. The largest absolute Gasteiger partial charge is 0.432 e. The van der Waals surface area contributed by atoms with Crippen LogP contribution >= 0.6 is 0 Å². The van der Waals surface area contributed by atoms with Crippen molar-refractivity contribution in [3.8, 4) is 5.75 Å². The van der Waals surface area contributed by atoms with Gasteiger partial charge in [-0.15, -0.1) is 0 Å². The Morgan fingerprint density at radius 1 is 0.778 bits per heavy atom. The molecule has 1 fully saturated rings. The predicted molar refractivity (Wildman–Crippen MR) is 122 cm³/mol. The second kappa shape index (κ2) is 10.9. The third-order valence-corrected chi connectivity index (χ3v) is 7.57. The summed E-state index contributed by atoms with van der Waals surface area (Å²) >= 11 is 0. The number of alkyl halides is 2. The van der Waals surface area contributed by atoms with E-state index in [9.17, 15) is 30.7 Å². The SMILES string of the molecule is CCCC1C=CC(C2CCC(c3cc(F)c(C(F)(F)Oc4cc(F)c(F)c(F)c4)c(F)c3)CC2)CC1. The summed E-state index contributed by atoms with van der Waals surface area (Å²) in [5.41, 5.74) is -1.37. The van der Waals surface area contributed by atoms with Gasteiger partial charge in [0.1, 0.15) is 22.9 Å². The van der Waals surface area contributed by atoms with Gasteiger partial charge < -0.3 is 4.74 Å². The predicted octanol–water partition coefficient (Wildman–Crippen LogP) is 9.17. The first-order valence-electron chi connectivity index (χ1n) is 12.5. The van der Waals surface area contributed by atoms with Crippen LogP contribution in [0.2, 0.25) is 0 Å². The average molecular weight is 515 g/mol. The van der Waals surface area contributed by atoms with E-state index in [4.69, 9.17) is 0 Å². The molecular weight excluding hydrogens is 485 g/mol. The van der Waals surface area contributed by atoms with E-state index in [1.165, 1.54) is 12.8 Å². The van der Waals surface area contributed by atoms with Crippen LogP contribution in [0, 0.1) is 46.8 Å². The summed E-state index contributed by atoms with van der Waals surface area (Å²) in [7, 11) is 0. The fourth-order valence-electron chi connectivity index (χ4n) is 5.68. The van der Waals surface area contributed by atoms with E-state index in [-0.39, 0.29) is 18.1 Å². The van der Waals surface area contributed by atoms with Gasteiger partial charge in [0.15, 0.2) is 17.5 Å². The molecule has 2 unspecified atom stereocenters. The zero-order chi connectivity index (χ0) is 26.0. The first kappa shape index (κ1) is 26.6. The molecule has 0 heterocycles. The fraction of sp³-hybridized carbons (Fsp3) is 0.500. The lowest BCUT2D eigenvalue weighted by Crippen LogP contribution is -2.26. The summed E-state index contributed by atoms with van der Waals surface area (Å²) in [5.74, 6) is -8.04. The van der Waals surface area contributed by atoms with Gasteiger partial charge in [-0.05, 0) is 86.3 Å². The zero-order valence-electron chi connectivity index (χ0n) is 20.0. The molecular formula is C28H29F7O. The molecule has 1 nitrogen and oxygen atoms in total. The van der Waals surface area contributed by atoms with Crippen molar-refractivity contribution in [2.75, 3.05) is 0 Å². The van der Waals surface area contributed by atoms with Crippen molar-refractivity contribution in [3.05, 3.63) is 76.6 Å².